The first kappa shape index (κ1) is 16.8. The average Bonchev–Trinajstić information content (AvgIpc) is 2.73. The van der Waals surface area contributed by atoms with Crippen molar-refractivity contribution >= 4 is 33.7 Å². The van der Waals surface area contributed by atoms with Crippen LogP contribution in [0.3, 0.4) is 0 Å². The number of nitrogens with one attached hydrogen (secondary N) is 1. The number of nitrogens with zero attached hydrogens (tertiary/aromatic N) is 1. The van der Waals surface area contributed by atoms with E-state index in [-0.39, 0.29) is 5.91 Å². The van der Waals surface area contributed by atoms with E-state index in [2.05, 4.69) is 10.5 Å². The second kappa shape index (κ2) is 7.30. The standard InChI is InChI=1S/C23H18N2O2/c1-27-22-13-12-19(20-8-4-5-9-21(20)22)15-24-25-23(26)18-11-10-16-6-2-3-7-17(16)14-18/h2-15H,1H3,(H,25,26)/b24-15+. The molecule has 0 saturated heterocycles. The fourth-order valence-corrected chi connectivity index (χ4v) is 3.14. The lowest BCUT2D eigenvalue weighted by atomic mass is 10.0. The van der Waals surface area contributed by atoms with Gasteiger partial charge in [0, 0.05) is 16.5 Å². The summed E-state index contributed by atoms with van der Waals surface area (Å²) >= 11 is 0. The number of carbonyl (C=O) groups is 1. The molecule has 0 spiro atoms. The van der Waals surface area contributed by atoms with Gasteiger partial charge in [-0.2, -0.15) is 5.10 Å². The number of benzene rings is 4. The van der Waals surface area contributed by atoms with Crippen molar-refractivity contribution in [1.29, 1.82) is 0 Å². The highest BCUT2D eigenvalue weighted by Gasteiger charge is 2.06. The zero-order valence-electron chi connectivity index (χ0n) is 14.8. The monoisotopic (exact) mass is 354 g/mol. The summed E-state index contributed by atoms with van der Waals surface area (Å²) < 4.78 is 5.40. The number of hydrazone groups is 1. The highest BCUT2D eigenvalue weighted by molar-refractivity contribution is 6.03. The van der Waals surface area contributed by atoms with E-state index in [4.69, 9.17) is 4.74 Å². The molecule has 0 unspecified atom stereocenters. The van der Waals surface area contributed by atoms with Crippen LogP contribution in [0.4, 0.5) is 0 Å². The van der Waals surface area contributed by atoms with Gasteiger partial charge in [0.1, 0.15) is 5.75 Å². The summed E-state index contributed by atoms with van der Waals surface area (Å²) in [5.41, 5.74) is 4.09. The highest BCUT2D eigenvalue weighted by atomic mass is 16.5. The van der Waals surface area contributed by atoms with Crippen molar-refractivity contribution in [2.75, 3.05) is 7.11 Å². The van der Waals surface area contributed by atoms with Gasteiger partial charge in [-0.1, -0.05) is 54.6 Å². The third-order valence-corrected chi connectivity index (χ3v) is 4.52. The minimum Gasteiger partial charge on any atom is -0.496 e. The lowest BCUT2D eigenvalue weighted by molar-refractivity contribution is 0.0955. The molecule has 1 amide bonds. The van der Waals surface area contributed by atoms with Crippen molar-refractivity contribution < 1.29 is 9.53 Å². The van der Waals surface area contributed by atoms with Gasteiger partial charge in [0.25, 0.3) is 5.91 Å². The summed E-state index contributed by atoms with van der Waals surface area (Å²) in [4.78, 5) is 12.4. The molecule has 0 radical (unpaired) electrons. The largest absolute Gasteiger partial charge is 0.496 e. The van der Waals surface area contributed by atoms with Gasteiger partial charge in [-0.15, -0.1) is 0 Å². The first-order valence-electron chi connectivity index (χ1n) is 8.64. The van der Waals surface area contributed by atoms with Gasteiger partial charge in [0.2, 0.25) is 0 Å². The molecule has 0 aliphatic rings. The normalized spacial score (nSPS) is 11.1. The Hall–Kier alpha value is -3.66. The van der Waals surface area contributed by atoms with E-state index in [1.807, 2.05) is 72.8 Å². The molecular weight excluding hydrogens is 336 g/mol. The molecule has 0 aliphatic carbocycles. The number of amides is 1. The van der Waals surface area contributed by atoms with Gasteiger partial charge in [-0.05, 0) is 40.4 Å². The van der Waals surface area contributed by atoms with Gasteiger partial charge >= 0.3 is 0 Å². The molecule has 0 aromatic heterocycles. The topological polar surface area (TPSA) is 50.7 Å². The lowest BCUT2D eigenvalue weighted by Crippen LogP contribution is -2.17. The van der Waals surface area contributed by atoms with Crippen LogP contribution >= 0.6 is 0 Å². The van der Waals surface area contributed by atoms with Crippen LogP contribution in [0.15, 0.2) is 84.0 Å². The van der Waals surface area contributed by atoms with Gasteiger partial charge in [-0.3, -0.25) is 4.79 Å². The quantitative estimate of drug-likeness (QED) is 0.424. The molecule has 0 atom stereocenters. The Morgan fingerprint density at radius 1 is 0.889 bits per heavy atom. The minimum atomic E-state index is -0.241. The molecule has 4 aromatic carbocycles. The summed E-state index contributed by atoms with van der Waals surface area (Å²) in [5, 5.41) is 8.28. The molecule has 0 saturated carbocycles. The smallest absolute Gasteiger partial charge is 0.271 e. The van der Waals surface area contributed by atoms with E-state index in [0.29, 0.717) is 5.56 Å². The number of carbonyl (C=O) groups excluding carboxylic acids is 1. The van der Waals surface area contributed by atoms with Crippen molar-refractivity contribution in [3.8, 4) is 5.75 Å². The second-order valence-corrected chi connectivity index (χ2v) is 6.16. The summed E-state index contributed by atoms with van der Waals surface area (Å²) in [7, 11) is 1.65. The Morgan fingerprint density at radius 3 is 2.44 bits per heavy atom. The van der Waals surface area contributed by atoms with Gasteiger partial charge in [0.05, 0.1) is 13.3 Å². The molecule has 132 valence electrons. The molecule has 4 heteroatoms. The van der Waals surface area contributed by atoms with Crippen molar-refractivity contribution in [3.63, 3.8) is 0 Å². The SMILES string of the molecule is COc1ccc(/C=N/NC(=O)c2ccc3ccccc3c2)c2ccccc12. The first-order chi connectivity index (χ1) is 13.3. The van der Waals surface area contributed by atoms with E-state index < -0.39 is 0 Å². The molecule has 4 nitrogen and oxygen atoms in total. The summed E-state index contributed by atoms with van der Waals surface area (Å²) in [6, 6.07) is 25.3. The van der Waals surface area contributed by atoms with Crippen LogP contribution in [0.2, 0.25) is 0 Å². The maximum absolute atomic E-state index is 12.4. The number of hydrogen-bond donors (Lipinski definition) is 1. The van der Waals surface area contributed by atoms with Crippen molar-refractivity contribution in [3.05, 3.63) is 90.0 Å². The molecule has 0 heterocycles. The predicted molar refractivity (Wildman–Crippen MR) is 110 cm³/mol. The lowest BCUT2D eigenvalue weighted by Gasteiger charge is -2.07. The molecule has 0 bridgehead atoms. The number of hydrogen-bond acceptors (Lipinski definition) is 3. The first-order valence-corrected chi connectivity index (χ1v) is 8.64. The van der Waals surface area contributed by atoms with Gasteiger partial charge < -0.3 is 4.74 Å². The molecular formula is C23H18N2O2. The van der Waals surface area contributed by atoms with Crippen LogP contribution in [-0.4, -0.2) is 19.2 Å². The van der Waals surface area contributed by atoms with Crippen LogP contribution in [0.5, 0.6) is 5.75 Å². The van der Waals surface area contributed by atoms with Gasteiger partial charge in [0.15, 0.2) is 0 Å². The molecule has 0 aliphatic heterocycles. The Labute approximate surface area is 157 Å². The summed E-state index contributed by atoms with van der Waals surface area (Å²) in [6.45, 7) is 0. The number of methoxy groups -OCH3 is 1. The maximum atomic E-state index is 12.4. The number of ether oxygens (including phenoxy) is 1. The fraction of sp³-hybridized carbons (Fsp3) is 0.0435. The van der Waals surface area contributed by atoms with Crippen molar-refractivity contribution in [1.82, 2.24) is 5.43 Å². The third kappa shape index (κ3) is 3.37. The molecule has 4 rings (SSSR count). The maximum Gasteiger partial charge on any atom is 0.271 e. The Balaban J connectivity index is 1.56. The predicted octanol–water partition coefficient (Wildman–Crippen LogP) is 4.77. The van der Waals surface area contributed by atoms with E-state index >= 15 is 0 Å². The highest BCUT2D eigenvalue weighted by Crippen LogP contribution is 2.27. The third-order valence-electron chi connectivity index (χ3n) is 4.52. The van der Waals surface area contributed by atoms with E-state index in [1.165, 1.54) is 0 Å². The van der Waals surface area contributed by atoms with E-state index in [9.17, 15) is 4.79 Å². The van der Waals surface area contributed by atoms with E-state index in [1.54, 1.807) is 19.4 Å². The van der Waals surface area contributed by atoms with Crippen LogP contribution in [-0.2, 0) is 0 Å². The summed E-state index contributed by atoms with van der Waals surface area (Å²) in [6.07, 6.45) is 1.65. The van der Waals surface area contributed by atoms with Gasteiger partial charge in [-0.25, -0.2) is 5.43 Å². The van der Waals surface area contributed by atoms with Crippen molar-refractivity contribution in [2.24, 2.45) is 5.10 Å². The summed E-state index contributed by atoms with van der Waals surface area (Å²) in [5.74, 6) is 0.567. The fourth-order valence-electron chi connectivity index (χ4n) is 3.14. The van der Waals surface area contributed by atoms with Crippen LogP contribution in [0, 0.1) is 0 Å². The van der Waals surface area contributed by atoms with Crippen LogP contribution < -0.4 is 10.2 Å². The Bertz CT molecular complexity index is 1170. The molecule has 1 N–H and O–H groups in total. The minimum absolute atomic E-state index is 0.241. The average molecular weight is 354 g/mol. The molecule has 0 fully saturated rings. The molecule has 4 aromatic rings. The number of fused-ring (bicyclic) bond motifs is 2. The van der Waals surface area contributed by atoms with Crippen LogP contribution in [0.1, 0.15) is 15.9 Å². The number of rotatable bonds is 4. The Kier molecular flexibility index (Phi) is 4.54. The van der Waals surface area contributed by atoms with E-state index in [0.717, 1.165) is 32.9 Å². The molecule has 27 heavy (non-hydrogen) atoms. The van der Waals surface area contributed by atoms with Crippen LogP contribution in [0.25, 0.3) is 21.5 Å². The second-order valence-electron chi connectivity index (χ2n) is 6.16. The zero-order valence-corrected chi connectivity index (χ0v) is 14.8. The Morgan fingerprint density at radius 2 is 1.63 bits per heavy atom. The van der Waals surface area contributed by atoms with Crippen molar-refractivity contribution in [2.45, 2.75) is 0 Å². The zero-order chi connectivity index (χ0) is 18.6.